The molecule has 0 bridgehead atoms. The van der Waals surface area contributed by atoms with Crippen molar-refractivity contribution >= 4 is 48.8 Å². The number of fused-ring (bicyclic) bond motifs is 1. The van der Waals surface area contributed by atoms with Crippen LogP contribution in [0.15, 0.2) is 33.2 Å². The van der Waals surface area contributed by atoms with Gasteiger partial charge in [-0.15, -0.1) is 0 Å². The number of imidazole rings is 1. The van der Waals surface area contributed by atoms with Crippen LogP contribution in [0.25, 0.3) is 16.7 Å². The van der Waals surface area contributed by atoms with Crippen LogP contribution in [-0.4, -0.2) is 9.55 Å². The number of benzene rings is 2. The quantitative estimate of drug-likeness (QED) is 0.627. The Morgan fingerprint density at radius 2 is 1.57 bits per heavy atom. The van der Waals surface area contributed by atoms with Gasteiger partial charge in [0, 0.05) is 10.5 Å². The van der Waals surface area contributed by atoms with Gasteiger partial charge in [0.15, 0.2) is 11.6 Å². The van der Waals surface area contributed by atoms with Gasteiger partial charge in [-0.05, 0) is 34.1 Å². The molecule has 108 valence electrons. The average Bonchev–Trinajstić information content (AvgIpc) is 2.66. The molecule has 2 N–H and O–H groups in total. The van der Waals surface area contributed by atoms with Crippen molar-refractivity contribution in [1.29, 1.82) is 0 Å². The van der Waals surface area contributed by atoms with Gasteiger partial charge in [-0.25, -0.2) is 18.2 Å². The fourth-order valence-corrected chi connectivity index (χ4v) is 2.81. The van der Waals surface area contributed by atoms with E-state index in [1.165, 1.54) is 6.07 Å². The molecule has 0 aliphatic rings. The molecule has 3 aromatic rings. The maximum atomic E-state index is 14.1. The van der Waals surface area contributed by atoms with E-state index in [4.69, 9.17) is 5.73 Å². The zero-order valence-corrected chi connectivity index (χ0v) is 13.3. The number of nitrogens with zero attached hydrogens (tertiary/aromatic N) is 2. The fraction of sp³-hybridized carbons (Fsp3) is 0. The van der Waals surface area contributed by atoms with E-state index in [0.717, 1.165) is 22.8 Å². The molecule has 0 aliphatic carbocycles. The second kappa shape index (κ2) is 5.03. The van der Waals surface area contributed by atoms with Gasteiger partial charge in [0.05, 0.1) is 15.5 Å². The third-order valence-corrected chi connectivity index (χ3v) is 3.99. The first-order valence-corrected chi connectivity index (χ1v) is 7.25. The van der Waals surface area contributed by atoms with Gasteiger partial charge < -0.3 is 5.73 Å². The van der Waals surface area contributed by atoms with Crippen molar-refractivity contribution in [3.05, 3.63) is 50.7 Å². The predicted octanol–water partition coefficient (Wildman–Crippen LogP) is 4.55. The average molecular weight is 421 g/mol. The van der Waals surface area contributed by atoms with Gasteiger partial charge in [-0.3, -0.25) is 4.57 Å². The molecule has 0 saturated carbocycles. The molecule has 0 saturated heterocycles. The first kappa shape index (κ1) is 14.4. The number of aromatic nitrogens is 2. The predicted molar refractivity (Wildman–Crippen MR) is 80.8 cm³/mol. The monoisotopic (exact) mass is 419 g/mol. The topological polar surface area (TPSA) is 43.8 Å². The number of hydrogen-bond acceptors (Lipinski definition) is 2. The van der Waals surface area contributed by atoms with E-state index >= 15 is 0 Å². The van der Waals surface area contributed by atoms with Crippen LogP contribution in [0.3, 0.4) is 0 Å². The van der Waals surface area contributed by atoms with Gasteiger partial charge in [-0.2, -0.15) is 0 Å². The van der Waals surface area contributed by atoms with Crippen molar-refractivity contribution in [2.24, 2.45) is 0 Å². The highest BCUT2D eigenvalue weighted by Crippen LogP contribution is 2.31. The van der Waals surface area contributed by atoms with Crippen LogP contribution in [0.2, 0.25) is 0 Å². The van der Waals surface area contributed by atoms with Gasteiger partial charge in [-0.1, -0.05) is 15.9 Å². The normalized spacial score (nSPS) is 11.3. The molecule has 0 fully saturated rings. The molecule has 0 atom stereocenters. The molecule has 0 radical (unpaired) electrons. The minimum absolute atomic E-state index is 0.136. The molecule has 8 heteroatoms. The van der Waals surface area contributed by atoms with Crippen molar-refractivity contribution in [3.63, 3.8) is 0 Å². The molecule has 3 rings (SSSR count). The summed E-state index contributed by atoms with van der Waals surface area (Å²) in [6.45, 7) is 0. The van der Waals surface area contributed by atoms with E-state index in [1.807, 2.05) is 0 Å². The maximum Gasteiger partial charge on any atom is 0.206 e. The Morgan fingerprint density at radius 3 is 2.19 bits per heavy atom. The van der Waals surface area contributed by atoms with Crippen LogP contribution in [0, 0.1) is 17.5 Å². The molecule has 0 aliphatic heterocycles. The van der Waals surface area contributed by atoms with Crippen molar-refractivity contribution in [2.45, 2.75) is 0 Å². The highest BCUT2D eigenvalue weighted by molar-refractivity contribution is 9.10. The van der Waals surface area contributed by atoms with Gasteiger partial charge in [0.25, 0.3) is 0 Å². The molecule has 1 aromatic heterocycles. The van der Waals surface area contributed by atoms with E-state index in [0.29, 0.717) is 5.52 Å². The summed E-state index contributed by atoms with van der Waals surface area (Å²) in [6.07, 6.45) is 0. The molecular formula is C13H6Br2F3N3. The van der Waals surface area contributed by atoms with E-state index in [9.17, 15) is 13.2 Å². The van der Waals surface area contributed by atoms with Crippen LogP contribution >= 0.6 is 31.9 Å². The lowest BCUT2D eigenvalue weighted by Crippen LogP contribution is -2.06. The number of hydrogen-bond donors (Lipinski definition) is 1. The Morgan fingerprint density at radius 1 is 0.952 bits per heavy atom. The Hall–Kier alpha value is -1.54. The molecule has 3 nitrogen and oxygen atoms in total. The molecule has 21 heavy (non-hydrogen) atoms. The van der Waals surface area contributed by atoms with Gasteiger partial charge in [0.2, 0.25) is 5.95 Å². The zero-order valence-electron chi connectivity index (χ0n) is 10.2. The number of halogens is 5. The van der Waals surface area contributed by atoms with Crippen LogP contribution in [-0.2, 0) is 0 Å². The summed E-state index contributed by atoms with van der Waals surface area (Å²) in [5.74, 6) is -2.39. The summed E-state index contributed by atoms with van der Waals surface area (Å²) < 4.78 is 43.3. The Balaban J connectivity index is 2.41. The van der Waals surface area contributed by atoms with Crippen molar-refractivity contribution in [2.75, 3.05) is 5.73 Å². The molecule has 0 spiro atoms. The number of anilines is 1. The minimum Gasteiger partial charge on any atom is -0.369 e. The third-order valence-electron chi connectivity index (χ3n) is 2.93. The second-order valence-electron chi connectivity index (χ2n) is 4.28. The number of nitrogen functional groups attached to an aromatic ring is 1. The minimum atomic E-state index is -0.837. The largest absolute Gasteiger partial charge is 0.369 e. The summed E-state index contributed by atoms with van der Waals surface area (Å²) in [5.41, 5.74) is 5.82. The first-order valence-electron chi connectivity index (χ1n) is 5.66. The van der Waals surface area contributed by atoms with Crippen LogP contribution in [0.4, 0.5) is 19.1 Å². The zero-order chi connectivity index (χ0) is 15.3. The lowest BCUT2D eigenvalue weighted by Gasteiger charge is -2.10. The lowest BCUT2D eigenvalue weighted by atomic mass is 10.2. The highest BCUT2D eigenvalue weighted by Gasteiger charge is 2.19. The first-order chi connectivity index (χ1) is 9.88. The summed E-state index contributed by atoms with van der Waals surface area (Å²) in [7, 11) is 0. The molecule has 1 heterocycles. The third kappa shape index (κ3) is 2.32. The summed E-state index contributed by atoms with van der Waals surface area (Å²) >= 11 is 6.02. The number of rotatable bonds is 1. The van der Waals surface area contributed by atoms with E-state index in [2.05, 4.69) is 36.8 Å². The summed E-state index contributed by atoms with van der Waals surface area (Å²) in [5, 5.41) is 0. The smallest absolute Gasteiger partial charge is 0.206 e. The van der Waals surface area contributed by atoms with Crippen molar-refractivity contribution < 1.29 is 13.2 Å². The molecule has 2 aromatic carbocycles. The summed E-state index contributed by atoms with van der Waals surface area (Å²) in [4.78, 5) is 4.00. The molecule has 0 unspecified atom stereocenters. The van der Waals surface area contributed by atoms with E-state index < -0.39 is 23.1 Å². The standard InChI is InChI=1S/C13H6Br2F3N3/c14-5-1-8(17)12(9(18)2-5)21-11-4-7(16)6(15)3-10(11)20-13(21)19/h1-4H,(H2,19,20). The van der Waals surface area contributed by atoms with Crippen molar-refractivity contribution in [1.82, 2.24) is 9.55 Å². The Labute approximate surface area is 133 Å². The molecule has 0 amide bonds. The second-order valence-corrected chi connectivity index (χ2v) is 6.05. The van der Waals surface area contributed by atoms with Crippen molar-refractivity contribution in [3.8, 4) is 5.69 Å². The molecular weight excluding hydrogens is 415 g/mol. The highest BCUT2D eigenvalue weighted by atomic mass is 79.9. The Kier molecular flexibility index (Phi) is 3.45. The fourth-order valence-electron chi connectivity index (χ4n) is 2.07. The summed E-state index contributed by atoms with van der Waals surface area (Å²) in [6, 6.07) is 4.70. The Bertz CT molecular complexity index is 854. The van der Waals surface area contributed by atoms with Crippen LogP contribution in [0.5, 0.6) is 0 Å². The van der Waals surface area contributed by atoms with E-state index in [-0.39, 0.29) is 20.4 Å². The maximum absolute atomic E-state index is 14.1. The number of nitrogens with two attached hydrogens (primary N) is 1. The van der Waals surface area contributed by atoms with Gasteiger partial charge >= 0.3 is 0 Å². The SMILES string of the molecule is Nc1nc2cc(Br)c(F)cc2n1-c1c(F)cc(Br)cc1F. The van der Waals surface area contributed by atoms with Crippen LogP contribution < -0.4 is 5.73 Å². The van der Waals surface area contributed by atoms with Crippen LogP contribution in [0.1, 0.15) is 0 Å². The van der Waals surface area contributed by atoms with Gasteiger partial charge in [0.1, 0.15) is 11.5 Å². The van der Waals surface area contributed by atoms with E-state index in [1.54, 1.807) is 0 Å². The lowest BCUT2D eigenvalue weighted by molar-refractivity contribution is 0.570.